The molecule has 3 N–H and O–H groups in total. The van der Waals surface area contributed by atoms with Gasteiger partial charge in [0, 0.05) is 6.54 Å². The van der Waals surface area contributed by atoms with E-state index in [1.807, 2.05) is 0 Å². The lowest BCUT2D eigenvalue weighted by atomic mass is 10.0. The topological polar surface area (TPSA) is 142 Å². The highest BCUT2D eigenvalue weighted by atomic mass is 35.5. The van der Waals surface area contributed by atoms with Gasteiger partial charge in [0.2, 0.25) is 15.9 Å². The van der Waals surface area contributed by atoms with Gasteiger partial charge < -0.3 is 14.7 Å². The van der Waals surface area contributed by atoms with Crippen molar-refractivity contribution in [3.63, 3.8) is 0 Å². The number of carbonyl (C=O) groups excluding carboxylic acids is 2. The maximum atomic E-state index is 12.6. The fourth-order valence-corrected chi connectivity index (χ4v) is 4.98. The lowest BCUT2D eigenvalue weighted by Crippen LogP contribution is -2.32. The fourth-order valence-electron chi connectivity index (χ4n) is 3.45. The van der Waals surface area contributed by atoms with Crippen LogP contribution in [0.5, 0.6) is 5.75 Å². The number of benzene rings is 1. The number of urea groups is 1. The van der Waals surface area contributed by atoms with Crippen LogP contribution < -0.4 is 14.8 Å². The first kappa shape index (κ1) is 25.3. The van der Waals surface area contributed by atoms with E-state index < -0.39 is 34.5 Å². The van der Waals surface area contributed by atoms with Gasteiger partial charge in [-0.1, -0.05) is 24.1 Å². The molecule has 1 saturated carbocycles. The van der Waals surface area contributed by atoms with Gasteiger partial charge in [-0.15, -0.1) is 0 Å². The summed E-state index contributed by atoms with van der Waals surface area (Å²) in [7, 11) is -3.77. The number of imide groups is 1. The number of ether oxygens (including phenoxy) is 1. The van der Waals surface area contributed by atoms with Crippen molar-refractivity contribution in [1.29, 1.82) is 0 Å². The Labute approximate surface area is 197 Å². The van der Waals surface area contributed by atoms with Crippen molar-refractivity contribution in [2.45, 2.75) is 44.6 Å². The lowest BCUT2D eigenvalue weighted by molar-refractivity contribution is -0.137. The zero-order valence-electron chi connectivity index (χ0n) is 18.1. The Kier molecular flexibility index (Phi) is 8.55. The van der Waals surface area contributed by atoms with Crippen molar-refractivity contribution < 1.29 is 32.6 Å². The predicted molar refractivity (Wildman–Crippen MR) is 121 cm³/mol. The smallest absolute Gasteiger partial charge is 0.324 e. The zero-order chi connectivity index (χ0) is 24.0. The minimum absolute atomic E-state index is 0.0169. The fraction of sp³-hybridized carbons (Fsp3) is 0.571. The van der Waals surface area contributed by atoms with E-state index in [9.17, 15) is 27.9 Å². The molecule has 1 aliphatic carbocycles. The standard InChI is InChI=1S/C21H28ClN3O7S/c22-16-7-6-15(10-18(16)32-13-14-4-5-14)17(11-20(27)28)24-33(30,31)9-3-1-2-8-25-12-19(26)23-21(25)29/h6-7,10,14,17,24H,1-5,8-9,11-13H2,(H,27,28)(H,23,26,29)/t17-/m1/s1. The SMILES string of the molecule is O=C(O)C[C@@H](NS(=O)(=O)CCCCCN1CC(=O)NC1=O)c1ccc(Cl)c(OCC2CC2)c1. The molecule has 1 aromatic rings. The zero-order valence-corrected chi connectivity index (χ0v) is 19.7. The highest BCUT2D eigenvalue weighted by Gasteiger charge is 2.27. The molecule has 2 fully saturated rings. The Balaban J connectivity index is 1.53. The van der Waals surface area contributed by atoms with Crippen LogP contribution in [0.3, 0.4) is 0 Å². The molecule has 182 valence electrons. The molecule has 1 atom stereocenters. The molecule has 1 aromatic carbocycles. The molecule has 1 saturated heterocycles. The molecule has 12 heteroatoms. The van der Waals surface area contributed by atoms with E-state index in [0.717, 1.165) is 12.8 Å². The predicted octanol–water partition coefficient (Wildman–Crippen LogP) is 2.29. The third-order valence-corrected chi connectivity index (χ3v) is 7.22. The second-order valence-electron chi connectivity index (χ2n) is 8.37. The van der Waals surface area contributed by atoms with E-state index in [0.29, 0.717) is 54.7 Å². The van der Waals surface area contributed by atoms with Crippen LogP contribution in [0.2, 0.25) is 5.02 Å². The average Bonchev–Trinajstić information content (AvgIpc) is 3.49. The van der Waals surface area contributed by atoms with Gasteiger partial charge in [-0.2, -0.15) is 0 Å². The summed E-state index contributed by atoms with van der Waals surface area (Å²) >= 11 is 6.18. The highest BCUT2D eigenvalue weighted by molar-refractivity contribution is 7.89. The monoisotopic (exact) mass is 501 g/mol. The van der Waals surface area contributed by atoms with E-state index >= 15 is 0 Å². The highest BCUT2D eigenvalue weighted by Crippen LogP contribution is 2.33. The van der Waals surface area contributed by atoms with Crippen molar-refractivity contribution in [2.75, 3.05) is 25.4 Å². The number of carbonyl (C=O) groups is 3. The molecule has 3 amide bonds. The van der Waals surface area contributed by atoms with Crippen molar-refractivity contribution in [3.8, 4) is 5.75 Å². The minimum Gasteiger partial charge on any atom is -0.492 e. The number of carboxylic acids is 1. The van der Waals surface area contributed by atoms with E-state index in [-0.39, 0.29) is 18.2 Å². The maximum absolute atomic E-state index is 12.6. The largest absolute Gasteiger partial charge is 0.492 e. The number of nitrogens with zero attached hydrogens (tertiary/aromatic N) is 1. The van der Waals surface area contributed by atoms with Gasteiger partial charge in [-0.3, -0.25) is 14.9 Å². The number of halogens is 1. The van der Waals surface area contributed by atoms with E-state index in [1.165, 1.54) is 4.90 Å². The molecule has 3 rings (SSSR count). The molecule has 2 aliphatic rings. The second-order valence-corrected chi connectivity index (χ2v) is 10.6. The molecule has 1 aliphatic heterocycles. The second kappa shape index (κ2) is 11.2. The molecule has 0 aromatic heterocycles. The van der Waals surface area contributed by atoms with Crippen LogP contribution in [-0.4, -0.2) is 61.8 Å². The first-order chi connectivity index (χ1) is 15.6. The normalized spacial score (nSPS) is 17.2. The van der Waals surface area contributed by atoms with E-state index in [1.54, 1.807) is 18.2 Å². The van der Waals surface area contributed by atoms with Crippen molar-refractivity contribution in [3.05, 3.63) is 28.8 Å². The van der Waals surface area contributed by atoms with Crippen LogP contribution in [0.25, 0.3) is 0 Å². The number of sulfonamides is 1. The van der Waals surface area contributed by atoms with Crippen LogP contribution in [0.1, 0.15) is 50.1 Å². The molecule has 10 nitrogen and oxygen atoms in total. The van der Waals surface area contributed by atoms with E-state index in [4.69, 9.17) is 16.3 Å². The summed E-state index contributed by atoms with van der Waals surface area (Å²) in [6, 6.07) is 3.34. The summed E-state index contributed by atoms with van der Waals surface area (Å²) in [6.07, 6.45) is 3.18. The van der Waals surface area contributed by atoms with Crippen LogP contribution in [-0.2, 0) is 19.6 Å². The Morgan fingerprint density at radius 2 is 2.03 bits per heavy atom. The Morgan fingerprint density at radius 1 is 1.27 bits per heavy atom. The Morgan fingerprint density at radius 3 is 2.67 bits per heavy atom. The van der Waals surface area contributed by atoms with Gasteiger partial charge >= 0.3 is 12.0 Å². The van der Waals surface area contributed by atoms with Crippen molar-refractivity contribution >= 4 is 39.5 Å². The average molecular weight is 502 g/mol. The van der Waals surface area contributed by atoms with Gasteiger partial charge in [-0.05, 0) is 49.3 Å². The van der Waals surface area contributed by atoms with Crippen LogP contribution in [0.4, 0.5) is 4.79 Å². The first-order valence-electron chi connectivity index (χ1n) is 10.9. The minimum atomic E-state index is -3.77. The molecule has 1 heterocycles. The maximum Gasteiger partial charge on any atom is 0.324 e. The van der Waals surface area contributed by atoms with Crippen LogP contribution in [0, 0.1) is 5.92 Å². The number of nitrogens with one attached hydrogen (secondary N) is 2. The van der Waals surface area contributed by atoms with Gasteiger partial charge in [0.25, 0.3) is 0 Å². The summed E-state index contributed by atoms with van der Waals surface area (Å²) in [6.45, 7) is 0.899. The summed E-state index contributed by atoms with van der Waals surface area (Å²) < 4.78 is 33.4. The number of carboxylic acid groups (broad SMARTS) is 1. The van der Waals surface area contributed by atoms with Gasteiger partial charge in [-0.25, -0.2) is 17.9 Å². The van der Waals surface area contributed by atoms with Gasteiger partial charge in [0.15, 0.2) is 0 Å². The van der Waals surface area contributed by atoms with Gasteiger partial charge in [0.1, 0.15) is 12.3 Å². The summed E-state index contributed by atoms with van der Waals surface area (Å²) in [5.74, 6) is -0.776. The Bertz CT molecular complexity index is 998. The summed E-state index contributed by atoms with van der Waals surface area (Å²) in [5.41, 5.74) is 0.459. The van der Waals surface area contributed by atoms with Crippen LogP contribution >= 0.6 is 11.6 Å². The molecule has 0 unspecified atom stereocenters. The molecule has 0 radical (unpaired) electrons. The Hall–Kier alpha value is -2.37. The third kappa shape index (κ3) is 8.17. The molecular weight excluding hydrogens is 474 g/mol. The third-order valence-electron chi connectivity index (χ3n) is 5.44. The number of hydrogen-bond donors (Lipinski definition) is 3. The van der Waals surface area contributed by atoms with E-state index in [2.05, 4.69) is 10.0 Å². The van der Waals surface area contributed by atoms with Gasteiger partial charge in [0.05, 0.1) is 29.8 Å². The number of hydrogen-bond acceptors (Lipinski definition) is 6. The lowest BCUT2D eigenvalue weighted by Gasteiger charge is -2.19. The number of unbranched alkanes of at least 4 members (excludes halogenated alkanes) is 2. The molecule has 0 bridgehead atoms. The van der Waals surface area contributed by atoms with Crippen molar-refractivity contribution in [1.82, 2.24) is 14.9 Å². The number of amides is 3. The van der Waals surface area contributed by atoms with Crippen molar-refractivity contribution in [2.24, 2.45) is 5.92 Å². The molecule has 33 heavy (non-hydrogen) atoms. The summed E-state index contributed by atoms with van der Waals surface area (Å²) in [5, 5.41) is 11.9. The first-order valence-corrected chi connectivity index (χ1v) is 12.9. The quantitative estimate of drug-likeness (QED) is 0.262. The molecule has 0 spiro atoms. The number of aliphatic carboxylic acids is 1. The molecular formula is C21H28ClN3O7S. The van der Waals surface area contributed by atoms with Crippen LogP contribution in [0.15, 0.2) is 18.2 Å². The summed E-state index contributed by atoms with van der Waals surface area (Å²) in [4.78, 5) is 35.4. The number of rotatable bonds is 14.